The third-order valence-corrected chi connectivity index (χ3v) is 4.28. The maximum Gasteiger partial charge on any atom is 0.0821 e. The van der Waals surface area contributed by atoms with Crippen LogP contribution in [0.25, 0.3) is 0 Å². The molecule has 2 N–H and O–H groups in total. The first-order valence-corrected chi connectivity index (χ1v) is 7.78. The van der Waals surface area contributed by atoms with E-state index in [0.29, 0.717) is 0 Å². The molecule has 1 aliphatic carbocycles. The van der Waals surface area contributed by atoms with Gasteiger partial charge in [-0.3, -0.25) is 0 Å². The zero-order valence-corrected chi connectivity index (χ0v) is 13.1. The van der Waals surface area contributed by atoms with Gasteiger partial charge in [-0.15, -0.1) is 0 Å². The molecule has 0 bridgehead atoms. The number of aryl methyl sites for hydroxylation is 1. The highest BCUT2D eigenvalue weighted by atomic mass is 16.3. The van der Waals surface area contributed by atoms with Crippen LogP contribution < -0.4 is 10.2 Å². The summed E-state index contributed by atoms with van der Waals surface area (Å²) >= 11 is 0. The molecule has 2 rings (SSSR count). The zero-order valence-electron chi connectivity index (χ0n) is 13.1. The maximum absolute atomic E-state index is 10.6. The fourth-order valence-corrected chi connectivity index (χ4v) is 3.21. The summed E-state index contributed by atoms with van der Waals surface area (Å²) in [4.78, 5) is 2.22. The van der Waals surface area contributed by atoms with Gasteiger partial charge in [0.2, 0.25) is 0 Å². The molecule has 0 aliphatic heterocycles. The molecule has 1 aromatic rings. The zero-order chi connectivity index (χ0) is 14.6. The molecule has 3 heteroatoms. The molecule has 0 radical (unpaired) electrons. The van der Waals surface area contributed by atoms with Crippen LogP contribution in [0.2, 0.25) is 0 Å². The molecule has 0 heterocycles. The van der Waals surface area contributed by atoms with Crippen LogP contribution in [0.4, 0.5) is 5.69 Å². The first-order chi connectivity index (χ1) is 9.54. The van der Waals surface area contributed by atoms with Crippen molar-refractivity contribution in [1.29, 1.82) is 0 Å². The smallest absolute Gasteiger partial charge is 0.0821 e. The molecule has 1 saturated carbocycles. The minimum absolute atomic E-state index is 0.491. The van der Waals surface area contributed by atoms with E-state index in [4.69, 9.17) is 0 Å². The number of likely N-dealkylation sites (N-methyl/N-ethyl adjacent to an activating group) is 1. The number of nitrogens with zero attached hydrogens (tertiary/aromatic N) is 1. The monoisotopic (exact) mass is 276 g/mol. The Hall–Kier alpha value is -1.06. The van der Waals surface area contributed by atoms with Gasteiger partial charge >= 0.3 is 0 Å². The van der Waals surface area contributed by atoms with Crippen LogP contribution in [0.3, 0.4) is 0 Å². The Morgan fingerprint density at radius 3 is 2.65 bits per heavy atom. The van der Waals surface area contributed by atoms with Crippen molar-refractivity contribution < 1.29 is 5.11 Å². The lowest BCUT2D eigenvalue weighted by Gasteiger charge is -2.31. The molecule has 0 unspecified atom stereocenters. The summed E-state index contributed by atoms with van der Waals surface area (Å²) in [7, 11) is 2.09. The van der Waals surface area contributed by atoms with E-state index in [2.05, 4.69) is 49.3 Å². The molecule has 0 saturated heterocycles. The Balaban J connectivity index is 2.13. The molecule has 112 valence electrons. The first-order valence-electron chi connectivity index (χ1n) is 7.78. The summed E-state index contributed by atoms with van der Waals surface area (Å²) in [6, 6.07) is 6.58. The number of nitrogens with one attached hydrogen (secondary N) is 1. The summed E-state index contributed by atoms with van der Waals surface area (Å²) in [5.74, 6) is 0. The van der Waals surface area contributed by atoms with Gasteiger partial charge in [-0.2, -0.15) is 0 Å². The predicted molar refractivity (Wildman–Crippen MR) is 85.2 cm³/mol. The highest BCUT2D eigenvalue weighted by Crippen LogP contribution is 2.32. The van der Waals surface area contributed by atoms with E-state index in [0.717, 1.165) is 45.3 Å². The third kappa shape index (κ3) is 3.74. The van der Waals surface area contributed by atoms with E-state index in [1.54, 1.807) is 0 Å². The quantitative estimate of drug-likeness (QED) is 0.838. The van der Waals surface area contributed by atoms with E-state index >= 15 is 0 Å². The number of hydrogen-bond donors (Lipinski definition) is 2. The summed E-state index contributed by atoms with van der Waals surface area (Å²) in [5, 5.41) is 14.0. The van der Waals surface area contributed by atoms with Gasteiger partial charge in [0.15, 0.2) is 0 Å². The van der Waals surface area contributed by atoms with Gasteiger partial charge in [-0.25, -0.2) is 0 Å². The molecule has 1 fully saturated rings. The van der Waals surface area contributed by atoms with Crippen LogP contribution in [0.15, 0.2) is 18.2 Å². The second-order valence-electron chi connectivity index (χ2n) is 6.20. The lowest BCUT2D eigenvalue weighted by Crippen LogP contribution is -2.39. The SMILES string of the molecule is CCNCc1cc(C)ccc1N(C)CC1(O)CCCC1. The second kappa shape index (κ2) is 6.59. The first kappa shape index (κ1) is 15.3. The van der Waals surface area contributed by atoms with Gasteiger partial charge < -0.3 is 15.3 Å². The van der Waals surface area contributed by atoms with Gasteiger partial charge in [0.25, 0.3) is 0 Å². The van der Waals surface area contributed by atoms with Gasteiger partial charge in [-0.1, -0.05) is 37.5 Å². The normalized spacial score (nSPS) is 17.4. The number of anilines is 1. The molecule has 0 aromatic heterocycles. The van der Waals surface area contributed by atoms with Crippen LogP contribution in [0, 0.1) is 6.92 Å². The molecule has 0 amide bonds. The van der Waals surface area contributed by atoms with Crippen molar-refractivity contribution in [3.05, 3.63) is 29.3 Å². The Kier molecular flexibility index (Phi) is 5.06. The largest absolute Gasteiger partial charge is 0.388 e. The van der Waals surface area contributed by atoms with Crippen molar-refractivity contribution in [2.24, 2.45) is 0 Å². The van der Waals surface area contributed by atoms with E-state index in [1.807, 2.05) is 0 Å². The van der Waals surface area contributed by atoms with Crippen LogP contribution in [0.5, 0.6) is 0 Å². The highest BCUT2D eigenvalue weighted by molar-refractivity contribution is 5.54. The van der Waals surface area contributed by atoms with Crippen LogP contribution >= 0.6 is 0 Å². The summed E-state index contributed by atoms with van der Waals surface area (Å²) in [6.45, 7) is 6.84. The van der Waals surface area contributed by atoms with Crippen molar-refractivity contribution in [2.75, 3.05) is 25.0 Å². The summed E-state index contributed by atoms with van der Waals surface area (Å²) in [5.41, 5.74) is 3.34. The Morgan fingerprint density at radius 1 is 1.30 bits per heavy atom. The van der Waals surface area contributed by atoms with Crippen LogP contribution in [0.1, 0.15) is 43.7 Å². The maximum atomic E-state index is 10.6. The number of hydrogen-bond acceptors (Lipinski definition) is 3. The van der Waals surface area contributed by atoms with E-state index in [9.17, 15) is 5.11 Å². The van der Waals surface area contributed by atoms with Crippen LogP contribution in [-0.4, -0.2) is 30.8 Å². The summed E-state index contributed by atoms with van der Waals surface area (Å²) in [6.07, 6.45) is 4.18. The second-order valence-corrected chi connectivity index (χ2v) is 6.20. The van der Waals surface area contributed by atoms with E-state index in [1.165, 1.54) is 16.8 Å². The Labute approximate surface area is 123 Å². The number of rotatable bonds is 6. The minimum Gasteiger partial charge on any atom is -0.388 e. The average Bonchev–Trinajstić information content (AvgIpc) is 2.82. The molecular weight excluding hydrogens is 248 g/mol. The molecule has 3 nitrogen and oxygen atoms in total. The average molecular weight is 276 g/mol. The predicted octanol–water partition coefficient (Wildman–Crippen LogP) is 2.85. The fraction of sp³-hybridized carbons (Fsp3) is 0.647. The Bertz CT molecular complexity index is 439. The van der Waals surface area contributed by atoms with E-state index in [-0.39, 0.29) is 0 Å². The molecule has 1 aromatic carbocycles. The van der Waals surface area contributed by atoms with Crippen LogP contribution in [-0.2, 0) is 6.54 Å². The molecular formula is C17H28N2O. The van der Waals surface area contributed by atoms with E-state index < -0.39 is 5.60 Å². The molecule has 20 heavy (non-hydrogen) atoms. The van der Waals surface area contributed by atoms with Gasteiger partial charge in [0.1, 0.15) is 0 Å². The number of benzene rings is 1. The van der Waals surface area contributed by atoms with Crippen molar-refractivity contribution in [3.63, 3.8) is 0 Å². The van der Waals surface area contributed by atoms with Crippen molar-refractivity contribution in [2.45, 2.75) is 51.7 Å². The standard InChI is InChI=1S/C17H28N2O/c1-4-18-12-15-11-14(2)7-8-16(15)19(3)13-17(20)9-5-6-10-17/h7-8,11,18,20H,4-6,9-10,12-13H2,1-3H3. The molecule has 0 spiro atoms. The van der Waals surface area contributed by atoms with Gasteiger partial charge in [-0.05, 0) is 37.9 Å². The van der Waals surface area contributed by atoms with Crippen molar-refractivity contribution in [1.82, 2.24) is 5.32 Å². The summed E-state index contributed by atoms with van der Waals surface area (Å²) < 4.78 is 0. The Morgan fingerprint density at radius 2 is 2.00 bits per heavy atom. The highest BCUT2D eigenvalue weighted by Gasteiger charge is 2.32. The molecule has 1 aliphatic rings. The van der Waals surface area contributed by atoms with Crippen molar-refractivity contribution in [3.8, 4) is 0 Å². The van der Waals surface area contributed by atoms with Crippen molar-refractivity contribution >= 4 is 5.69 Å². The third-order valence-electron chi connectivity index (χ3n) is 4.28. The van der Waals surface area contributed by atoms with Gasteiger partial charge in [0, 0.05) is 25.8 Å². The molecule has 0 atom stereocenters. The lowest BCUT2D eigenvalue weighted by molar-refractivity contribution is 0.0559. The topological polar surface area (TPSA) is 35.5 Å². The van der Waals surface area contributed by atoms with Gasteiger partial charge in [0.05, 0.1) is 5.60 Å². The minimum atomic E-state index is -0.491. The fourth-order valence-electron chi connectivity index (χ4n) is 3.21. The lowest BCUT2D eigenvalue weighted by atomic mass is 10.0. The number of aliphatic hydroxyl groups is 1.